The third-order valence-corrected chi connectivity index (χ3v) is 11.9. The van der Waals surface area contributed by atoms with Crippen LogP contribution in [0.5, 0.6) is 17.2 Å². The molecule has 3 aliphatic rings. The number of carbonyl (C=O) groups is 5. The number of hydrogen-bond donors (Lipinski definition) is 8. The highest BCUT2D eigenvalue weighted by Gasteiger charge is 2.23. The second-order valence-electron chi connectivity index (χ2n) is 16.3. The SMILES string of the molecule is CC(=O)O.CC(=O)O.COc1ccc(C2=NCN(c3ccc(C(=O)O)cc3)C(=S)N2)cc1.COc1ccc(C2=NCN(c3ccc(C(=O)O)cc3)C(=S)N2)cc1.COc1ccc(C2=NCN(c3ccc(C(=O)O)cc3)C(=S)N2)cc1. The normalized spacial score (nSPS) is 13.2. The molecule has 6 aromatic rings. The van der Waals surface area contributed by atoms with E-state index in [4.69, 9.17) is 86.0 Å². The summed E-state index contributed by atoms with van der Waals surface area (Å²) in [5, 5.41) is 52.6. The van der Waals surface area contributed by atoms with Crippen LogP contribution in [0.1, 0.15) is 61.6 Å². The van der Waals surface area contributed by atoms with Crippen LogP contribution in [0.3, 0.4) is 0 Å². The monoisotopic (exact) mass is 1140 g/mol. The first-order valence-electron chi connectivity index (χ1n) is 23.4. The van der Waals surface area contributed by atoms with Crippen molar-refractivity contribution >= 4 is 116 Å². The summed E-state index contributed by atoms with van der Waals surface area (Å²) in [6.07, 6.45) is 0. The number of carboxylic acid groups (broad SMARTS) is 5. The molecule has 0 spiro atoms. The van der Waals surface area contributed by atoms with Gasteiger partial charge in [-0.3, -0.25) is 24.3 Å². The molecule has 3 heterocycles. The zero-order valence-electron chi connectivity index (χ0n) is 43.4. The van der Waals surface area contributed by atoms with Gasteiger partial charge in [0.15, 0.2) is 15.3 Å². The molecule has 414 valence electrons. The molecule has 8 N–H and O–H groups in total. The van der Waals surface area contributed by atoms with E-state index in [9.17, 15) is 14.4 Å². The molecule has 0 aliphatic carbocycles. The van der Waals surface area contributed by atoms with Gasteiger partial charge in [-0.2, -0.15) is 0 Å². The Labute approximate surface area is 474 Å². The minimum absolute atomic E-state index is 0.233. The number of aromatic carboxylic acids is 3. The predicted molar refractivity (Wildman–Crippen MR) is 315 cm³/mol. The van der Waals surface area contributed by atoms with E-state index in [2.05, 4.69) is 30.9 Å². The van der Waals surface area contributed by atoms with Gasteiger partial charge in [0.25, 0.3) is 11.9 Å². The number of nitrogens with one attached hydrogen (secondary N) is 3. The van der Waals surface area contributed by atoms with Gasteiger partial charge in [-0.1, -0.05) is 0 Å². The van der Waals surface area contributed by atoms with Gasteiger partial charge in [0, 0.05) is 47.6 Å². The molecule has 0 fully saturated rings. The summed E-state index contributed by atoms with van der Waals surface area (Å²) < 4.78 is 15.4. The summed E-state index contributed by atoms with van der Waals surface area (Å²) >= 11 is 16.2. The molecular formula is C55H53N9O13S3. The van der Waals surface area contributed by atoms with Crippen molar-refractivity contribution in [1.29, 1.82) is 0 Å². The van der Waals surface area contributed by atoms with Gasteiger partial charge in [0.2, 0.25) is 0 Å². The fourth-order valence-corrected chi connectivity index (χ4v) is 7.71. The van der Waals surface area contributed by atoms with Gasteiger partial charge in [0.1, 0.15) is 54.8 Å². The Bertz CT molecular complexity index is 2940. The fourth-order valence-electron chi connectivity index (χ4n) is 6.93. The second kappa shape index (κ2) is 29.6. The highest BCUT2D eigenvalue weighted by atomic mass is 32.1. The minimum atomic E-state index is -0.958. The molecule has 0 atom stereocenters. The molecule has 6 aromatic carbocycles. The lowest BCUT2D eigenvalue weighted by Gasteiger charge is -2.29. The van der Waals surface area contributed by atoms with Crippen molar-refractivity contribution in [3.63, 3.8) is 0 Å². The molecule has 0 aromatic heterocycles. The lowest BCUT2D eigenvalue weighted by molar-refractivity contribution is -0.135. The highest BCUT2D eigenvalue weighted by Crippen LogP contribution is 2.23. The number of methoxy groups -OCH3 is 3. The molecule has 0 bridgehead atoms. The molecule has 0 saturated heterocycles. The number of aliphatic imine (C=N–C) groups is 3. The number of rotatable bonds is 12. The van der Waals surface area contributed by atoms with Gasteiger partial charge >= 0.3 is 17.9 Å². The number of hydrogen-bond acceptors (Lipinski definition) is 14. The van der Waals surface area contributed by atoms with Gasteiger partial charge in [-0.05, 0) is 182 Å². The topological polar surface area (TPSA) is 297 Å². The van der Waals surface area contributed by atoms with Crippen LogP contribution in [-0.4, -0.2) is 130 Å². The molecular weight excluding hydrogens is 1090 g/mol. The van der Waals surface area contributed by atoms with Crippen LogP contribution in [0.4, 0.5) is 17.1 Å². The summed E-state index contributed by atoms with van der Waals surface area (Å²) in [5.74, 6) is -0.126. The standard InChI is InChI=1S/3C17H15N3O3S.2C2H4O2/c3*1-23-14-8-4-11(5-9-14)15-18-10-20(17(24)19-15)13-6-2-12(3-7-13)16(21)22;2*1-2(3)4/h3*2-9H,10H2,1H3,(H,21,22)(H,18,19,24);2*1H3,(H,3,4). The van der Waals surface area contributed by atoms with Gasteiger partial charge < -0.3 is 55.7 Å². The van der Waals surface area contributed by atoms with Crippen molar-refractivity contribution in [1.82, 2.24) is 16.0 Å². The minimum Gasteiger partial charge on any atom is -0.497 e. The van der Waals surface area contributed by atoms with Crippen LogP contribution in [-0.2, 0) is 9.59 Å². The van der Waals surface area contributed by atoms with Crippen molar-refractivity contribution in [2.45, 2.75) is 13.8 Å². The van der Waals surface area contributed by atoms with E-state index in [1.54, 1.807) is 109 Å². The number of aliphatic carboxylic acids is 2. The maximum atomic E-state index is 10.9. The number of anilines is 3. The Balaban J connectivity index is 0.000000206. The first-order chi connectivity index (χ1) is 38.2. The zero-order valence-corrected chi connectivity index (χ0v) is 45.8. The van der Waals surface area contributed by atoms with E-state index in [1.165, 1.54) is 0 Å². The quantitative estimate of drug-likeness (QED) is 0.0545. The number of nitrogens with zero attached hydrogens (tertiary/aromatic N) is 6. The summed E-state index contributed by atoms with van der Waals surface area (Å²) in [5.41, 5.74) is 5.81. The van der Waals surface area contributed by atoms with E-state index >= 15 is 0 Å². The number of thiocarbonyl (C=S) groups is 3. The predicted octanol–water partition coefficient (Wildman–Crippen LogP) is 7.66. The Morgan fingerprint density at radius 2 is 0.588 bits per heavy atom. The molecule has 22 nitrogen and oxygen atoms in total. The Morgan fingerprint density at radius 1 is 0.388 bits per heavy atom. The van der Waals surface area contributed by atoms with Crippen LogP contribution in [0.15, 0.2) is 161 Å². The number of ether oxygens (including phenoxy) is 3. The second-order valence-corrected chi connectivity index (χ2v) is 17.5. The largest absolute Gasteiger partial charge is 0.497 e. The Hall–Kier alpha value is -9.85. The van der Waals surface area contributed by atoms with Gasteiger partial charge in [-0.25, -0.2) is 29.4 Å². The highest BCUT2D eigenvalue weighted by molar-refractivity contribution is 7.81. The molecule has 0 unspecified atom stereocenters. The Kier molecular flexibility index (Phi) is 22.6. The van der Waals surface area contributed by atoms with Gasteiger partial charge in [0.05, 0.1) is 38.0 Å². The smallest absolute Gasteiger partial charge is 0.335 e. The average molecular weight is 1140 g/mol. The van der Waals surface area contributed by atoms with E-state index in [1.807, 2.05) is 72.8 Å². The molecule has 25 heteroatoms. The molecule has 0 radical (unpaired) electrons. The zero-order chi connectivity index (χ0) is 58.5. The summed E-state index contributed by atoms with van der Waals surface area (Å²) in [6, 6.07) is 42.2. The number of benzene rings is 6. The van der Waals surface area contributed by atoms with Crippen molar-refractivity contribution in [2.75, 3.05) is 56.0 Å². The summed E-state index contributed by atoms with van der Waals surface area (Å²) in [4.78, 5) is 69.7. The van der Waals surface area contributed by atoms with Crippen LogP contribution in [0.2, 0.25) is 0 Å². The van der Waals surface area contributed by atoms with Crippen molar-refractivity contribution in [3.8, 4) is 17.2 Å². The maximum absolute atomic E-state index is 10.9. The van der Waals surface area contributed by atoms with Crippen molar-refractivity contribution in [2.24, 2.45) is 15.0 Å². The molecule has 0 amide bonds. The van der Waals surface area contributed by atoms with Crippen LogP contribution in [0, 0.1) is 0 Å². The average Bonchev–Trinajstić information content (AvgIpc) is 3.45. The first kappa shape index (κ1) is 61.0. The lowest BCUT2D eigenvalue weighted by Crippen LogP contribution is -2.47. The first-order valence-corrected chi connectivity index (χ1v) is 24.7. The third kappa shape index (κ3) is 17.9. The summed E-state index contributed by atoms with van der Waals surface area (Å²) in [7, 11) is 4.86. The summed E-state index contributed by atoms with van der Waals surface area (Å²) in [6.45, 7) is 3.25. The number of amidine groups is 3. The third-order valence-electron chi connectivity index (χ3n) is 10.9. The van der Waals surface area contributed by atoms with Crippen molar-refractivity contribution in [3.05, 3.63) is 179 Å². The van der Waals surface area contributed by atoms with E-state index < -0.39 is 29.8 Å². The maximum Gasteiger partial charge on any atom is 0.335 e. The van der Waals surface area contributed by atoms with E-state index in [0.29, 0.717) is 52.9 Å². The van der Waals surface area contributed by atoms with Crippen molar-refractivity contribution < 1.29 is 63.7 Å². The molecule has 80 heavy (non-hydrogen) atoms. The molecule has 9 rings (SSSR count). The van der Waals surface area contributed by atoms with E-state index in [0.717, 1.165) is 64.8 Å². The van der Waals surface area contributed by atoms with Crippen LogP contribution < -0.4 is 44.9 Å². The van der Waals surface area contributed by atoms with E-state index in [-0.39, 0.29) is 16.7 Å². The Morgan fingerprint density at radius 3 is 0.750 bits per heavy atom. The molecule has 0 saturated carbocycles. The molecule has 3 aliphatic heterocycles. The van der Waals surface area contributed by atoms with Crippen LogP contribution in [0.25, 0.3) is 0 Å². The lowest BCUT2D eigenvalue weighted by atomic mass is 10.2. The fraction of sp³-hybridized carbons (Fsp3) is 0.145. The van der Waals surface area contributed by atoms with Gasteiger partial charge in [-0.15, -0.1) is 0 Å². The number of carboxylic acids is 5. The van der Waals surface area contributed by atoms with Crippen LogP contribution >= 0.6 is 36.7 Å².